The number of sulfonamides is 1. The normalized spacial score (nSPS) is 11.3. The molecule has 0 saturated heterocycles. The molecule has 0 saturated carbocycles. The molecular formula is C21H19F3N4O5S. The molecule has 9 nitrogen and oxygen atoms in total. The third-order valence-corrected chi connectivity index (χ3v) is 5.55. The van der Waals surface area contributed by atoms with E-state index in [1.165, 1.54) is 12.1 Å². The molecule has 1 amide bonds. The van der Waals surface area contributed by atoms with Crippen LogP contribution in [0.25, 0.3) is 10.8 Å². The van der Waals surface area contributed by atoms with Gasteiger partial charge in [0.15, 0.2) is 0 Å². The number of hydrogen-bond acceptors (Lipinski definition) is 5. The van der Waals surface area contributed by atoms with Crippen molar-refractivity contribution in [2.45, 2.75) is 11.1 Å². The summed E-state index contributed by atoms with van der Waals surface area (Å²) in [6.07, 6.45) is -5.08. The zero-order valence-corrected chi connectivity index (χ0v) is 18.1. The van der Waals surface area contributed by atoms with E-state index in [1.807, 2.05) is 24.3 Å². The molecule has 13 heteroatoms. The smallest absolute Gasteiger partial charge is 0.475 e. The van der Waals surface area contributed by atoms with Gasteiger partial charge in [-0.05, 0) is 35.0 Å². The molecular weight excluding hydrogens is 477 g/mol. The minimum atomic E-state index is -5.08. The lowest BCUT2D eigenvalue weighted by Gasteiger charge is -2.09. The van der Waals surface area contributed by atoms with Crippen LogP contribution in [0.3, 0.4) is 0 Å². The average Bonchev–Trinajstić information content (AvgIpc) is 2.77. The summed E-state index contributed by atoms with van der Waals surface area (Å²) < 4.78 is 58.9. The minimum absolute atomic E-state index is 0.0903. The molecule has 3 aromatic rings. The number of aliphatic carboxylic acids is 1. The largest absolute Gasteiger partial charge is 0.490 e. The highest BCUT2D eigenvalue weighted by atomic mass is 32.2. The Bertz CT molecular complexity index is 1330. The van der Waals surface area contributed by atoms with Gasteiger partial charge in [0.1, 0.15) is 5.84 Å². The van der Waals surface area contributed by atoms with Crippen LogP contribution >= 0.6 is 0 Å². The Morgan fingerprint density at radius 3 is 2.18 bits per heavy atom. The van der Waals surface area contributed by atoms with E-state index in [4.69, 9.17) is 21.0 Å². The van der Waals surface area contributed by atoms with Crippen LogP contribution in [0.1, 0.15) is 5.56 Å². The Labute approximate surface area is 192 Å². The van der Waals surface area contributed by atoms with Gasteiger partial charge >= 0.3 is 12.1 Å². The van der Waals surface area contributed by atoms with E-state index >= 15 is 0 Å². The van der Waals surface area contributed by atoms with Crippen molar-refractivity contribution in [3.63, 3.8) is 0 Å². The van der Waals surface area contributed by atoms with Crippen LogP contribution in [0, 0.1) is 5.41 Å². The molecule has 0 atom stereocenters. The van der Waals surface area contributed by atoms with Gasteiger partial charge in [0.05, 0.1) is 11.4 Å². The minimum Gasteiger partial charge on any atom is -0.475 e. The number of carboxylic acids is 1. The maximum absolute atomic E-state index is 12.4. The lowest BCUT2D eigenvalue weighted by molar-refractivity contribution is -0.192. The molecule has 0 spiro atoms. The number of carbonyl (C=O) groups excluding carboxylic acids is 1. The number of amidine groups is 1. The molecule has 0 aliphatic carbocycles. The topological polar surface area (TPSA) is 162 Å². The van der Waals surface area contributed by atoms with Crippen molar-refractivity contribution in [1.82, 2.24) is 4.72 Å². The first-order chi connectivity index (χ1) is 15.8. The molecule has 0 fully saturated rings. The quantitative estimate of drug-likeness (QED) is 0.260. The summed E-state index contributed by atoms with van der Waals surface area (Å²) in [5.41, 5.74) is 6.30. The predicted octanol–water partition coefficient (Wildman–Crippen LogP) is 2.67. The molecule has 34 heavy (non-hydrogen) atoms. The molecule has 0 aliphatic heterocycles. The summed E-state index contributed by atoms with van der Waals surface area (Å²) in [4.78, 5) is 21.0. The van der Waals surface area contributed by atoms with E-state index in [2.05, 4.69) is 10.0 Å². The summed E-state index contributed by atoms with van der Waals surface area (Å²) >= 11 is 0. The average molecular weight is 496 g/mol. The standard InChI is InChI=1S/C19H18N4O3S.C2HF3O2/c20-19(21)15-6-3-7-16(10-15)23-18(24)12-22-27(25,26)17-9-8-13-4-1-2-5-14(13)11-17;3-2(4,5)1(6)7/h1-11,22H,12H2,(H3,20,21)(H,23,24);(H,6,7). The van der Waals surface area contributed by atoms with E-state index in [-0.39, 0.29) is 10.7 Å². The van der Waals surface area contributed by atoms with Crippen LogP contribution in [-0.2, 0) is 19.6 Å². The number of halogens is 3. The van der Waals surface area contributed by atoms with Gasteiger partial charge in [-0.15, -0.1) is 0 Å². The van der Waals surface area contributed by atoms with Crippen LogP contribution in [-0.4, -0.2) is 44.0 Å². The zero-order valence-electron chi connectivity index (χ0n) is 17.3. The van der Waals surface area contributed by atoms with E-state index in [9.17, 15) is 26.4 Å². The fraction of sp³-hybridized carbons (Fsp3) is 0.0952. The number of fused-ring (bicyclic) bond motifs is 1. The maximum atomic E-state index is 12.4. The molecule has 3 rings (SSSR count). The number of alkyl halides is 3. The van der Waals surface area contributed by atoms with Crippen molar-refractivity contribution in [3.05, 3.63) is 72.3 Å². The molecule has 0 radical (unpaired) electrons. The van der Waals surface area contributed by atoms with Crippen molar-refractivity contribution in [1.29, 1.82) is 5.41 Å². The van der Waals surface area contributed by atoms with Crippen molar-refractivity contribution < 1.29 is 36.3 Å². The number of amides is 1. The third-order valence-electron chi connectivity index (χ3n) is 4.15. The van der Waals surface area contributed by atoms with E-state index in [0.29, 0.717) is 11.3 Å². The summed E-state index contributed by atoms with van der Waals surface area (Å²) in [7, 11) is -3.83. The van der Waals surface area contributed by atoms with Crippen LogP contribution < -0.4 is 15.8 Å². The molecule has 180 valence electrons. The number of nitrogens with two attached hydrogens (primary N) is 1. The number of hydrogen-bond donors (Lipinski definition) is 5. The van der Waals surface area contributed by atoms with E-state index < -0.39 is 34.6 Å². The zero-order chi connectivity index (χ0) is 25.5. The monoisotopic (exact) mass is 496 g/mol. The second kappa shape index (κ2) is 10.8. The van der Waals surface area contributed by atoms with Gasteiger partial charge < -0.3 is 16.2 Å². The highest BCUT2D eigenvalue weighted by Gasteiger charge is 2.38. The lowest BCUT2D eigenvalue weighted by atomic mass is 10.1. The van der Waals surface area contributed by atoms with Gasteiger partial charge in [-0.2, -0.15) is 13.2 Å². The van der Waals surface area contributed by atoms with Crippen LogP contribution in [0.15, 0.2) is 71.6 Å². The number of anilines is 1. The second-order valence-corrected chi connectivity index (χ2v) is 8.45. The summed E-state index contributed by atoms with van der Waals surface area (Å²) in [5, 5.41) is 18.8. The Hall–Kier alpha value is -3.97. The van der Waals surface area contributed by atoms with Gasteiger partial charge in [0.2, 0.25) is 15.9 Å². The Kier molecular flexibility index (Phi) is 8.32. The van der Waals surface area contributed by atoms with Gasteiger partial charge in [-0.25, -0.2) is 17.9 Å². The van der Waals surface area contributed by atoms with Gasteiger partial charge in [-0.1, -0.05) is 42.5 Å². The number of nitrogens with one attached hydrogen (secondary N) is 3. The van der Waals surface area contributed by atoms with Crippen molar-refractivity contribution in [2.24, 2.45) is 5.73 Å². The number of carbonyl (C=O) groups is 2. The van der Waals surface area contributed by atoms with Crippen molar-refractivity contribution in [2.75, 3.05) is 11.9 Å². The van der Waals surface area contributed by atoms with Crippen LogP contribution in [0.2, 0.25) is 0 Å². The van der Waals surface area contributed by atoms with E-state index in [1.54, 1.807) is 30.3 Å². The van der Waals surface area contributed by atoms with Crippen LogP contribution in [0.5, 0.6) is 0 Å². The second-order valence-electron chi connectivity index (χ2n) is 6.68. The fourth-order valence-corrected chi connectivity index (χ4v) is 3.57. The van der Waals surface area contributed by atoms with Crippen LogP contribution in [0.4, 0.5) is 18.9 Å². The molecule has 0 aromatic heterocycles. The Balaban J connectivity index is 0.000000509. The molecule has 6 N–H and O–H groups in total. The van der Waals surface area contributed by atoms with Crippen molar-refractivity contribution in [3.8, 4) is 0 Å². The molecule has 0 aliphatic rings. The maximum Gasteiger partial charge on any atom is 0.490 e. The molecule has 3 aromatic carbocycles. The Morgan fingerprint density at radius 1 is 0.971 bits per heavy atom. The first-order valence-electron chi connectivity index (χ1n) is 9.32. The number of rotatable bonds is 6. The first-order valence-corrected chi connectivity index (χ1v) is 10.8. The predicted molar refractivity (Wildman–Crippen MR) is 119 cm³/mol. The van der Waals surface area contributed by atoms with Gasteiger partial charge in [0, 0.05) is 11.3 Å². The van der Waals surface area contributed by atoms with Gasteiger partial charge in [-0.3, -0.25) is 10.2 Å². The summed E-state index contributed by atoms with van der Waals surface area (Å²) in [6.45, 7) is -0.417. The van der Waals surface area contributed by atoms with E-state index in [0.717, 1.165) is 10.8 Å². The summed E-state index contributed by atoms with van der Waals surface area (Å²) in [6, 6.07) is 18.6. The SMILES string of the molecule is N=C(N)c1cccc(NC(=O)CNS(=O)(=O)c2ccc3ccccc3c2)c1.O=C(O)C(F)(F)F. The lowest BCUT2D eigenvalue weighted by Crippen LogP contribution is -2.33. The summed E-state index contributed by atoms with van der Waals surface area (Å²) in [5.74, 6) is -3.41. The number of benzene rings is 3. The highest BCUT2D eigenvalue weighted by Crippen LogP contribution is 2.19. The molecule has 0 bridgehead atoms. The Morgan fingerprint density at radius 2 is 1.59 bits per heavy atom. The van der Waals surface area contributed by atoms with Crippen molar-refractivity contribution >= 4 is 44.2 Å². The van der Waals surface area contributed by atoms with Gasteiger partial charge in [0.25, 0.3) is 0 Å². The number of nitrogen functional groups attached to an aromatic ring is 1. The fourth-order valence-electron chi connectivity index (χ4n) is 2.55. The first kappa shape index (κ1) is 26.3. The third kappa shape index (κ3) is 7.56. The highest BCUT2D eigenvalue weighted by molar-refractivity contribution is 7.89. The molecule has 0 heterocycles. The molecule has 0 unspecified atom stereocenters. The number of carboxylic acid groups (broad SMARTS) is 1.